The van der Waals surface area contributed by atoms with Crippen LogP contribution in [-0.2, 0) is 12.8 Å². The van der Waals surface area contributed by atoms with E-state index in [2.05, 4.69) is 26.2 Å². The first-order valence-electron chi connectivity index (χ1n) is 8.59. The number of benzene rings is 2. The zero-order chi connectivity index (χ0) is 17.6. The summed E-state index contributed by atoms with van der Waals surface area (Å²) in [6.45, 7) is 1.37. The molecule has 0 aliphatic carbocycles. The topological polar surface area (TPSA) is 47.9 Å². The summed E-state index contributed by atoms with van der Waals surface area (Å²) in [6, 6.07) is 10.2. The molecule has 5 heteroatoms. The molecule has 2 heterocycles. The Hall–Kier alpha value is -2.40. The summed E-state index contributed by atoms with van der Waals surface area (Å²) in [5.41, 5.74) is 3.75. The number of likely N-dealkylation sites (N-methyl/N-ethyl adjacent to an activating group) is 1. The monoisotopic (exact) mass is 342 g/mol. The zero-order valence-corrected chi connectivity index (χ0v) is 14.9. The van der Waals surface area contributed by atoms with E-state index < -0.39 is 0 Å². The fraction of sp³-hybridized carbons (Fsp3) is 0.400. The van der Waals surface area contributed by atoms with Crippen molar-refractivity contribution in [2.24, 2.45) is 0 Å². The zero-order valence-electron chi connectivity index (χ0n) is 14.9. The molecule has 2 aliphatic heterocycles. The Kier molecular flexibility index (Phi) is 3.76. The van der Waals surface area contributed by atoms with Crippen molar-refractivity contribution in [3.05, 3.63) is 47.0 Å². The van der Waals surface area contributed by atoms with E-state index in [1.165, 1.54) is 11.1 Å². The average molecular weight is 342 g/mol. The van der Waals surface area contributed by atoms with Crippen molar-refractivity contribution >= 4 is 0 Å². The van der Waals surface area contributed by atoms with Gasteiger partial charge in [0.2, 0.25) is 6.79 Å². The van der Waals surface area contributed by atoms with E-state index in [-0.39, 0.29) is 5.75 Å². The highest BCUT2D eigenvalue weighted by Gasteiger charge is 2.37. The maximum absolute atomic E-state index is 10.1. The minimum absolute atomic E-state index is 0.187. The van der Waals surface area contributed by atoms with Gasteiger partial charge >= 0.3 is 0 Å². The minimum atomic E-state index is 0.187. The molecule has 2 aromatic carbocycles. The van der Waals surface area contributed by atoms with E-state index in [0.717, 1.165) is 40.9 Å². The SMILES string of the molecule is COc1ccc(C[C@H]2c3cc4c(cc3CC[N+]2(C)C)OCO4)cc1O. The Balaban J connectivity index is 1.72. The number of methoxy groups -OCH3 is 1. The molecule has 0 aromatic heterocycles. The van der Waals surface area contributed by atoms with Crippen molar-refractivity contribution in [3.63, 3.8) is 0 Å². The van der Waals surface area contributed by atoms with E-state index in [1.54, 1.807) is 13.2 Å². The second-order valence-corrected chi connectivity index (χ2v) is 7.38. The van der Waals surface area contributed by atoms with Gasteiger partial charge in [-0.3, -0.25) is 0 Å². The second-order valence-electron chi connectivity index (χ2n) is 7.38. The fourth-order valence-corrected chi connectivity index (χ4v) is 3.91. The lowest BCUT2D eigenvalue weighted by atomic mass is 9.87. The van der Waals surface area contributed by atoms with Gasteiger partial charge in [-0.05, 0) is 35.4 Å². The van der Waals surface area contributed by atoms with Gasteiger partial charge in [0.1, 0.15) is 6.04 Å². The lowest BCUT2D eigenvalue weighted by molar-refractivity contribution is -0.923. The molecule has 1 atom stereocenters. The van der Waals surface area contributed by atoms with Crippen LogP contribution in [0.5, 0.6) is 23.0 Å². The maximum atomic E-state index is 10.1. The number of rotatable bonds is 3. The fourth-order valence-electron chi connectivity index (χ4n) is 3.91. The number of aromatic hydroxyl groups is 1. The standard InChI is InChI=1S/C20H23NO4/c1-21(2)7-6-14-10-19-20(25-12-24-19)11-15(14)16(21)8-13-4-5-18(23-3)17(22)9-13/h4-5,9-11,16H,6-8,12H2,1-3H3/p+1/t16-/m0/s1. The van der Waals surface area contributed by atoms with Crippen molar-refractivity contribution < 1.29 is 23.8 Å². The summed E-state index contributed by atoms with van der Waals surface area (Å²) in [4.78, 5) is 0. The van der Waals surface area contributed by atoms with Gasteiger partial charge in [-0.15, -0.1) is 0 Å². The van der Waals surface area contributed by atoms with E-state index in [4.69, 9.17) is 14.2 Å². The summed E-state index contributed by atoms with van der Waals surface area (Å²) >= 11 is 0. The first-order valence-corrected chi connectivity index (χ1v) is 8.59. The van der Waals surface area contributed by atoms with Crippen LogP contribution in [-0.4, -0.2) is 44.1 Å². The van der Waals surface area contributed by atoms with Crippen LogP contribution in [0.25, 0.3) is 0 Å². The van der Waals surface area contributed by atoms with Gasteiger partial charge in [0.25, 0.3) is 0 Å². The third kappa shape index (κ3) is 2.78. The first kappa shape index (κ1) is 16.1. The Morgan fingerprint density at radius 1 is 1.16 bits per heavy atom. The van der Waals surface area contributed by atoms with Crippen LogP contribution in [0.1, 0.15) is 22.7 Å². The number of phenolic OH excluding ortho intramolecular Hbond substituents is 1. The Morgan fingerprint density at radius 3 is 2.64 bits per heavy atom. The molecular formula is C20H24NO4+. The summed E-state index contributed by atoms with van der Waals surface area (Å²) in [5.74, 6) is 2.38. The minimum Gasteiger partial charge on any atom is -0.504 e. The molecule has 0 amide bonds. The molecule has 132 valence electrons. The lowest BCUT2D eigenvalue weighted by Crippen LogP contribution is -2.48. The van der Waals surface area contributed by atoms with Crippen LogP contribution >= 0.6 is 0 Å². The van der Waals surface area contributed by atoms with Gasteiger partial charge < -0.3 is 23.8 Å². The quantitative estimate of drug-likeness (QED) is 0.871. The van der Waals surface area contributed by atoms with Gasteiger partial charge in [-0.1, -0.05) is 6.07 Å². The first-order chi connectivity index (χ1) is 12.0. The molecular weight excluding hydrogens is 318 g/mol. The lowest BCUT2D eigenvalue weighted by Gasteiger charge is -2.43. The molecule has 0 radical (unpaired) electrons. The van der Waals surface area contributed by atoms with Crippen molar-refractivity contribution in [1.29, 1.82) is 0 Å². The molecule has 0 spiro atoms. The van der Waals surface area contributed by atoms with E-state index in [1.807, 2.05) is 12.1 Å². The molecule has 0 fully saturated rings. The number of quaternary nitrogens is 1. The average Bonchev–Trinajstić information content (AvgIpc) is 3.03. The highest BCUT2D eigenvalue weighted by Crippen LogP contribution is 2.43. The molecule has 0 saturated carbocycles. The van der Waals surface area contributed by atoms with Crippen LogP contribution in [0, 0.1) is 0 Å². The van der Waals surface area contributed by atoms with E-state index in [9.17, 15) is 5.11 Å². The molecule has 0 bridgehead atoms. The Morgan fingerprint density at radius 2 is 1.92 bits per heavy atom. The molecule has 1 N–H and O–H groups in total. The summed E-state index contributed by atoms with van der Waals surface area (Å²) < 4.78 is 17.2. The molecule has 2 aromatic rings. The summed E-state index contributed by atoms with van der Waals surface area (Å²) in [6.07, 6.45) is 1.88. The number of nitrogens with zero attached hydrogens (tertiary/aromatic N) is 1. The van der Waals surface area contributed by atoms with Gasteiger partial charge in [0.05, 0.1) is 27.7 Å². The highest BCUT2D eigenvalue weighted by molar-refractivity contribution is 5.50. The predicted octanol–water partition coefficient (Wildman–Crippen LogP) is 3.05. The summed E-state index contributed by atoms with van der Waals surface area (Å²) in [7, 11) is 6.10. The number of fused-ring (bicyclic) bond motifs is 2. The molecule has 0 saturated heterocycles. The van der Waals surface area contributed by atoms with Crippen molar-refractivity contribution in [2.75, 3.05) is 34.5 Å². The van der Waals surface area contributed by atoms with Gasteiger partial charge in [0, 0.05) is 18.4 Å². The number of hydrogen-bond acceptors (Lipinski definition) is 4. The third-order valence-electron chi connectivity index (χ3n) is 5.47. The van der Waals surface area contributed by atoms with Crippen molar-refractivity contribution in [1.82, 2.24) is 0 Å². The van der Waals surface area contributed by atoms with Gasteiger partial charge in [-0.25, -0.2) is 0 Å². The smallest absolute Gasteiger partial charge is 0.231 e. The van der Waals surface area contributed by atoms with E-state index in [0.29, 0.717) is 18.6 Å². The highest BCUT2D eigenvalue weighted by atomic mass is 16.7. The van der Waals surface area contributed by atoms with Crippen LogP contribution in [0.4, 0.5) is 0 Å². The van der Waals surface area contributed by atoms with Crippen LogP contribution in [0.2, 0.25) is 0 Å². The number of phenols is 1. The second kappa shape index (κ2) is 5.85. The van der Waals surface area contributed by atoms with Gasteiger partial charge in [0.15, 0.2) is 23.0 Å². The van der Waals surface area contributed by atoms with Crippen molar-refractivity contribution in [3.8, 4) is 23.0 Å². The Labute approximate surface area is 148 Å². The normalized spacial score (nSPS) is 20.2. The van der Waals surface area contributed by atoms with Crippen LogP contribution < -0.4 is 14.2 Å². The molecule has 4 rings (SSSR count). The van der Waals surface area contributed by atoms with Crippen LogP contribution in [0.15, 0.2) is 30.3 Å². The Bertz CT molecular complexity index is 816. The molecule has 25 heavy (non-hydrogen) atoms. The number of ether oxygens (including phenoxy) is 3. The number of hydrogen-bond donors (Lipinski definition) is 1. The third-order valence-corrected chi connectivity index (χ3v) is 5.47. The maximum Gasteiger partial charge on any atom is 0.231 e. The van der Waals surface area contributed by atoms with E-state index >= 15 is 0 Å². The molecule has 5 nitrogen and oxygen atoms in total. The summed E-state index contributed by atoms with van der Waals surface area (Å²) in [5, 5.41) is 10.1. The molecule has 2 aliphatic rings. The largest absolute Gasteiger partial charge is 0.504 e. The van der Waals surface area contributed by atoms with Crippen molar-refractivity contribution in [2.45, 2.75) is 18.9 Å². The predicted molar refractivity (Wildman–Crippen MR) is 94.3 cm³/mol. The van der Waals surface area contributed by atoms with Gasteiger partial charge in [-0.2, -0.15) is 0 Å². The van der Waals surface area contributed by atoms with Crippen LogP contribution in [0.3, 0.4) is 0 Å². The molecule has 0 unspecified atom stereocenters.